The monoisotopic (exact) mass is 167 g/mol. The zero-order chi connectivity index (χ0) is 8.36. The van der Waals surface area contributed by atoms with Gasteiger partial charge in [-0.25, -0.2) is 4.72 Å². The van der Waals surface area contributed by atoms with E-state index in [2.05, 4.69) is 0 Å². The number of carbonyl (C=O) groups is 2. The maximum atomic E-state index is 10.2. The SMILES string of the molecule is CC(=O)C(=O)NS(=O)(=O)O. The minimum absolute atomic E-state index is 0.876. The molecule has 0 aliphatic carbocycles. The van der Waals surface area contributed by atoms with E-state index in [1.165, 1.54) is 0 Å². The molecule has 0 aliphatic heterocycles. The quantitative estimate of drug-likeness (QED) is 0.385. The molecule has 0 saturated heterocycles. The van der Waals surface area contributed by atoms with Gasteiger partial charge in [-0.1, -0.05) is 0 Å². The van der Waals surface area contributed by atoms with E-state index in [4.69, 9.17) is 4.55 Å². The lowest BCUT2D eigenvalue weighted by Gasteiger charge is -1.94. The lowest BCUT2D eigenvalue weighted by molar-refractivity contribution is -0.135. The van der Waals surface area contributed by atoms with E-state index in [9.17, 15) is 18.0 Å². The van der Waals surface area contributed by atoms with Crippen molar-refractivity contribution in [1.29, 1.82) is 0 Å². The van der Waals surface area contributed by atoms with Gasteiger partial charge in [0, 0.05) is 6.92 Å². The first-order valence-electron chi connectivity index (χ1n) is 2.13. The number of hydrogen-bond acceptors (Lipinski definition) is 4. The molecule has 0 atom stereocenters. The van der Waals surface area contributed by atoms with Crippen molar-refractivity contribution in [3.63, 3.8) is 0 Å². The van der Waals surface area contributed by atoms with E-state index in [0.717, 1.165) is 11.6 Å². The van der Waals surface area contributed by atoms with Crippen LogP contribution in [-0.2, 0) is 19.9 Å². The van der Waals surface area contributed by atoms with Crippen LogP contribution in [0.15, 0.2) is 0 Å². The third-order valence-corrected chi connectivity index (χ3v) is 0.985. The predicted octanol–water partition coefficient (Wildman–Crippen LogP) is -1.51. The molecule has 58 valence electrons. The number of rotatable bonds is 2. The maximum absolute atomic E-state index is 10.2. The summed E-state index contributed by atoms with van der Waals surface area (Å²) in [6.07, 6.45) is 0. The average Bonchev–Trinajstić information content (AvgIpc) is 1.60. The molecule has 10 heavy (non-hydrogen) atoms. The molecule has 0 aromatic rings. The zero-order valence-corrected chi connectivity index (χ0v) is 5.80. The fraction of sp³-hybridized carbons (Fsp3) is 0.333. The van der Waals surface area contributed by atoms with E-state index in [1.807, 2.05) is 0 Å². The molecule has 0 aromatic carbocycles. The van der Waals surface area contributed by atoms with Gasteiger partial charge < -0.3 is 0 Å². The molecule has 0 aliphatic rings. The molecule has 1 amide bonds. The molecule has 0 fully saturated rings. The second kappa shape index (κ2) is 2.76. The Hall–Kier alpha value is -0.950. The molecule has 0 heterocycles. The molecular weight excluding hydrogens is 162 g/mol. The maximum Gasteiger partial charge on any atom is 0.360 e. The molecule has 0 unspecified atom stereocenters. The number of nitrogens with one attached hydrogen (secondary N) is 1. The van der Waals surface area contributed by atoms with Crippen LogP contribution in [-0.4, -0.2) is 24.7 Å². The second-order valence-corrected chi connectivity index (χ2v) is 2.62. The van der Waals surface area contributed by atoms with E-state index >= 15 is 0 Å². The van der Waals surface area contributed by atoms with Crippen molar-refractivity contribution in [2.45, 2.75) is 6.92 Å². The van der Waals surface area contributed by atoms with Crippen LogP contribution < -0.4 is 4.72 Å². The summed E-state index contributed by atoms with van der Waals surface area (Å²) in [6.45, 7) is 0.876. The molecule has 0 radical (unpaired) electrons. The predicted molar refractivity (Wildman–Crippen MR) is 30.4 cm³/mol. The highest BCUT2D eigenvalue weighted by molar-refractivity contribution is 7.84. The lowest BCUT2D eigenvalue weighted by Crippen LogP contribution is -2.34. The van der Waals surface area contributed by atoms with Crippen LogP contribution >= 0.6 is 0 Å². The molecule has 7 heteroatoms. The number of carbonyl (C=O) groups excluding carboxylic acids is 2. The minimum Gasteiger partial charge on any atom is -0.289 e. The van der Waals surface area contributed by atoms with Gasteiger partial charge in [-0.15, -0.1) is 0 Å². The Morgan fingerprint density at radius 3 is 1.90 bits per heavy atom. The molecule has 0 rings (SSSR count). The smallest absolute Gasteiger partial charge is 0.289 e. The number of Topliss-reactive ketones (excluding diaryl/α,β-unsaturated/α-hetero) is 1. The van der Waals surface area contributed by atoms with E-state index in [1.54, 1.807) is 0 Å². The molecular formula is C3H5NO5S. The number of hydrogen-bond donors (Lipinski definition) is 2. The summed E-state index contributed by atoms with van der Waals surface area (Å²) in [5, 5.41) is 0. The second-order valence-electron chi connectivity index (χ2n) is 1.46. The largest absolute Gasteiger partial charge is 0.360 e. The van der Waals surface area contributed by atoms with Crippen molar-refractivity contribution < 1.29 is 22.6 Å². The normalized spacial score (nSPS) is 10.6. The van der Waals surface area contributed by atoms with Gasteiger partial charge in [0.1, 0.15) is 0 Å². The van der Waals surface area contributed by atoms with Gasteiger partial charge in [-0.2, -0.15) is 8.42 Å². The first-order valence-corrected chi connectivity index (χ1v) is 3.57. The van der Waals surface area contributed by atoms with Crippen LogP contribution in [0.5, 0.6) is 0 Å². The summed E-state index contributed by atoms with van der Waals surface area (Å²) >= 11 is 0. The highest BCUT2D eigenvalue weighted by atomic mass is 32.2. The number of ketones is 1. The first-order chi connectivity index (χ1) is 4.33. The van der Waals surface area contributed by atoms with Gasteiger partial charge in [0.2, 0.25) is 5.78 Å². The summed E-state index contributed by atoms with van der Waals surface area (Å²) in [5.41, 5.74) is 0. The fourth-order valence-corrected chi connectivity index (χ4v) is 0.567. The third-order valence-electron chi connectivity index (χ3n) is 0.541. The summed E-state index contributed by atoms with van der Waals surface area (Å²) in [5.74, 6) is -2.35. The van der Waals surface area contributed by atoms with Crippen LogP contribution in [0.4, 0.5) is 0 Å². The van der Waals surface area contributed by atoms with Crippen LogP contribution in [0.2, 0.25) is 0 Å². The van der Waals surface area contributed by atoms with Gasteiger partial charge in [0.15, 0.2) is 0 Å². The highest BCUT2D eigenvalue weighted by Gasteiger charge is 2.13. The Balaban J connectivity index is 4.21. The van der Waals surface area contributed by atoms with Crippen molar-refractivity contribution in [3.05, 3.63) is 0 Å². The van der Waals surface area contributed by atoms with Crippen LogP contribution in [0.25, 0.3) is 0 Å². The standard InChI is InChI=1S/C3H5NO5S/c1-2(5)3(6)4-10(7,8)9/h1H3,(H,4,6)(H,7,8,9). The van der Waals surface area contributed by atoms with Crippen LogP contribution in [0, 0.1) is 0 Å². The molecule has 2 N–H and O–H groups in total. The van der Waals surface area contributed by atoms with Crippen LogP contribution in [0.1, 0.15) is 6.92 Å². The van der Waals surface area contributed by atoms with E-state index in [0.29, 0.717) is 0 Å². The van der Waals surface area contributed by atoms with Crippen molar-refractivity contribution in [2.75, 3.05) is 0 Å². The summed E-state index contributed by atoms with van der Waals surface area (Å²) < 4.78 is 28.6. The van der Waals surface area contributed by atoms with Gasteiger partial charge in [0.25, 0.3) is 0 Å². The highest BCUT2D eigenvalue weighted by Crippen LogP contribution is 1.75. The minimum atomic E-state index is -4.59. The summed E-state index contributed by atoms with van der Waals surface area (Å²) in [4.78, 5) is 20.2. The van der Waals surface area contributed by atoms with Gasteiger partial charge in [-0.3, -0.25) is 14.1 Å². The Labute approximate surface area is 57.1 Å². The summed E-state index contributed by atoms with van der Waals surface area (Å²) in [7, 11) is -4.59. The molecule has 6 nitrogen and oxygen atoms in total. The Kier molecular flexibility index (Phi) is 2.49. The van der Waals surface area contributed by atoms with E-state index < -0.39 is 22.0 Å². The van der Waals surface area contributed by atoms with Gasteiger partial charge in [-0.05, 0) is 0 Å². The third kappa shape index (κ3) is 3.98. The van der Waals surface area contributed by atoms with E-state index in [-0.39, 0.29) is 0 Å². The molecule has 0 aromatic heterocycles. The first kappa shape index (κ1) is 9.05. The molecule has 0 saturated carbocycles. The Morgan fingerprint density at radius 2 is 1.80 bits per heavy atom. The van der Waals surface area contributed by atoms with Crippen molar-refractivity contribution >= 4 is 22.0 Å². The Morgan fingerprint density at radius 1 is 1.40 bits per heavy atom. The fourth-order valence-electron chi connectivity index (χ4n) is 0.189. The topological polar surface area (TPSA) is 101 Å². The van der Waals surface area contributed by atoms with Crippen LogP contribution in [0.3, 0.4) is 0 Å². The van der Waals surface area contributed by atoms with Gasteiger partial charge in [0.05, 0.1) is 0 Å². The van der Waals surface area contributed by atoms with Gasteiger partial charge >= 0.3 is 16.2 Å². The molecule has 0 spiro atoms. The Bertz CT molecular complexity index is 252. The lowest BCUT2D eigenvalue weighted by atomic mass is 10.4. The zero-order valence-electron chi connectivity index (χ0n) is 4.99. The van der Waals surface area contributed by atoms with Crippen molar-refractivity contribution in [1.82, 2.24) is 4.72 Å². The van der Waals surface area contributed by atoms with Crippen molar-refractivity contribution in [2.24, 2.45) is 0 Å². The number of amides is 1. The summed E-state index contributed by atoms with van der Waals surface area (Å²) in [6, 6.07) is 0. The average molecular weight is 167 g/mol. The molecule has 0 bridgehead atoms. The van der Waals surface area contributed by atoms with Crippen molar-refractivity contribution in [3.8, 4) is 0 Å².